The highest BCUT2D eigenvalue weighted by molar-refractivity contribution is 5.91. The molecule has 1 aliphatic heterocycles. The number of benzene rings is 2. The smallest absolute Gasteiger partial charge is 0.223 e. The summed E-state index contributed by atoms with van der Waals surface area (Å²) in [5.74, 6) is 0.892. The van der Waals surface area contributed by atoms with E-state index < -0.39 is 0 Å². The molecular formula is C33H32FN3O. The van der Waals surface area contributed by atoms with E-state index in [4.69, 9.17) is 0 Å². The van der Waals surface area contributed by atoms with Gasteiger partial charge in [-0.3, -0.25) is 4.79 Å². The maximum Gasteiger partial charge on any atom is 0.223 e. The van der Waals surface area contributed by atoms with Crippen LogP contribution in [0.4, 0.5) is 10.2 Å². The van der Waals surface area contributed by atoms with E-state index in [1.54, 1.807) is 19.2 Å². The van der Waals surface area contributed by atoms with Gasteiger partial charge < -0.3 is 9.80 Å². The Kier molecular flexibility index (Phi) is 7.64. The lowest BCUT2D eigenvalue weighted by atomic mass is 9.95. The van der Waals surface area contributed by atoms with Gasteiger partial charge >= 0.3 is 0 Å². The molecule has 2 aromatic carbocycles. The normalized spacial score (nSPS) is 15.9. The van der Waals surface area contributed by atoms with E-state index >= 15 is 0 Å². The minimum atomic E-state index is -0.224. The monoisotopic (exact) mass is 505 g/mol. The third-order valence-corrected chi connectivity index (χ3v) is 7.16. The predicted molar refractivity (Wildman–Crippen MR) is 153 cm³/mol. The van der Waals surface area contributed by atoms with E-state index in [1.807, 2.05) is 47.4 Å². The standard InChI is InChI=1S/C33H32FN3O/c1-24-20-29(27-8-4-3-5-9-27)22-26(23-30(24)28-12-13-31(34)25(2)21-28)11-14-33(38)37-18-16-36(17-19-37)32-10-6-7-15-35-32/h3-10,12-13,15,20-23H,1,11,14,16-19H2,2H3. The summed E-state index contributed by atoms with van der Waals surface area (Å²) in [4.78, 5) is 21.8. The SMILES string of the molecule is C=C1C=C(c2ccccc2)C=C(CCC(=O)N2CCN(c3ccccn3)CC2)C=C1c1ccc(F)c(C)c1. The molecule has 0 atom stereocenters. The molecule has 1 fully saturated rings. The summed E-state index contributed by atoms with van der Waals surface area (Å²) in [5.41, 5.74) is 6.51. The van der Waals surface area contributed by atoms with Crippen LogP contribution in [-0.2, 0) is 4.79 Å². The largest absolute Gasteiger partial charge is 0.353 e. The molecule has 4 nitrogen and oxygen atoms in total. The second-order valence-electron chi connectivity index (χ2n) is 9.79. The molecule has 0 spiro atoms. The number of aromatic nitrogens is 1. The first-order valence-corrected chi connectivity index (χ1v) is 13.1. The van der Waals surface area contributed by atoms with E-state index in [1.165, 1.54) is 6.07 Å². The van der Waals surface area contributed by atoms with Crippen molar-refractivity contribution >= 4 is 22.9 Å². The fourth-order valence-corrected chi connectivity index (χ4v) is 4.98. The van der Waals surface area contributed by atoms with Crippen LogP contribution >= 0.6 is 0 Å². The van der Waals surface area contributed by atoms with Gasteiger partial charge in [0.2, 0.25) is 5.91 Å². The van der Waals surface area contributed by atoms with Crippen LogP contribution in [0, 0.1) is 12.7 Å². The van der Waals surface area contributed by atoms with E-state index in [9.17, 15) is 9.18 Å². The molecule has 0 unspecified atom stereocenters. The second kappa shape index (κ2) is 11.4. The Hall–Kier alpha value is -4.25. The summed E-state index contributed by atoms with van der Waals surface area (Å²) in [7, 11) is 0. The summed E-state index contributed by atoms with van der Waals surface area (Å²) < 4.78 is 14.0. The van der Waals surface area contributed by atoms with Crippen LogP contribution in [0.25, 0.3) is 11.1 Å². The van der Waals surface area contributed by atoms with Crippen LogP contribution in [0.3, 0.4) is 0 Å². The summed E-state index contributed by atoms with van der Waals surface area (Å²) in [6.45, 7) is 9.05. The van der Waals surface area contributed by atoms with Gasteiger partial charge in [-0.1, -0.05) is 61.2 Å². The quantitative estimate of drug-likeness (QED) is 0.378. The average Bonchev–Trinajstić information content (AvgIpc) is 3.13. The van der Waals surface area contributed by atoms with Gasteiger partial charge in [-0.2, -0.15) is 0 Å². The van der Waals surface area contributed by atoms with Gasteiger partial charge in [0.25, 0.3) is 0 Å². The molecule has 2 heterocycles. The third kappa shape index (κ3) is 5.83. The predicted octanol–water partition coefficient (Wildman–Crippen LogP) is 6.62. The molecule has 1 aromatic heterocycles. The number of anilines is 1. The summed E-state index contributed by atoms with van der Waals surface area (Å²) in [5, 5.41) is 0. The molecule has 0 radical (unpaired) electrons. The molecule has 1 saturated heterocycles. The van der Waals surface area contributed by atoms with E-state index in [0.29, 0.717) is 31.5 Å². The highest BCUT2D eigenvalue weighted by Crippen LogP contribution is 2.34. The fourth-order valence-electron chi connectivity index (χ4n) is 4.98. The summed E-state index contributed by atoms with van der Waals surface area (Å²) >= 11 is 0. The first-order chi connectivity index (χ1) is 18.5. The summed E-state index contributed by atoms with van der Waals surface area (Å²) in [6, 6.07) is 21.3. The van der Waals surface area contributed by atoms with Crippen molar-refractivity contribution in [2.24, 2.45) is 0 Å². The number of nitrogens with zero attached hydrogens (tertiary/aromatic N) is 3. The molecule has 0 N–H and O–H groups in total. The lowest BCUT2D eigenvalue weighted by Gasteiger charge is -2.35. The van der Waals surface area contributed by atoms with Crippen molar-refractivity contribution in [2.75, 3.05) is 31.1 Å². The lowest BCUT2D eigenvalue weighted by Crippen LogP contribution is -2.49. The van der Waals surface area contributed by atoms with Crippen molar-refractivity contribution < 1.29 is 9.18 Å². The van der Waals surface area contributed by atoms with Crippen molar-refractivity contribution in [2.45, 2.75) is 19.8 Å². The van der Waals surface area contributed by atoms with Gasteiger partial charge in [0, 0.05) is 38.8 Å². The Bertz CT molecular complexity index is 1420. The van der Waals surface area contributed by atoms with Crippen LogP contribution < -0.4 is 4.90 Å². The summed E-state index contributed by atoms with van der Waals surface area (Å²) in [6.07, 6.45) is 9.17. The number of halogens is 1. The Balaban J connectivity index is 1.33. The van der Waals surface area contributed by atoms with Gasteiger partial charge in [0.05, 0.1) is 0 Å². The zero-order chi connectivity index (χ0) is 26.5. The molecule has 192 valence electrons. The lowest BCUT2D eigenvalue weighted by molar-refractivity contribution is -0.131. The number of rotatable bonds is 6. The number of carbonyl (C=O) groups excluding carboxylic acids is 1. The molecule has 1 aliphatic carbocycles. The molecule has 2 aliphatic rings. The zero-order valence-corrected chi connectivity index (χ0v) is 21.7. The van der Waals surface area contributed by atoms with Crippen LogP contribution in [-0.4, -0.2) is 42.0 Å². The maximum absolute atomic E-state index is 14.0. The van der Waals surface area contributed by atoms with Crippen molar-refractivity contribution in [3.05, 3.63) is 131 Å². The van der Waals surface area contributed by atoms with Crippen molar-refractivity contribution in [1.82, 2.24) is 9.88 Å². The van der Waals surface area contributed by atoms with E-state index in [2.05, 4.69) is 46.8 Å². The second-order valence-corrected chi connectivity index (χ2v) is 9.79. The zero-order valence-electron chi connectivity index (χ0n) is 21.7. The first-order valence-electron chi connectivity index (χ1n) is 13.1. The number of allylic oxidation sites excluding steroid dienone is 7. The van der Waals surface area contributed by atoms with E-state index in [0.717, 1.165) is 52.3 Å². The van der Waals surface area contributed by atoms with E-state index in [-0.39, 0.29) is 11.7 Å². The Morgan fingerprint density at radius 2 is 1.68 bits per heavy atom. The number of pyridine rings is 1. The number of piperazine rings is 1. The fraction of sp³-hybridized carbons (Fsp3) is 0.212. The highest BCUT2D eigenvalue weighted by atomic mass is 19.1. The molecule has 1 amide bonds. The minimum Gasteiger partial charge on any atom is -0.353 e. The van der Waals surface area contributed by atoms with Gasteiger partial charge in [-0.15, -0.1) is 0 Å². The number of aryl methyl sites for hydroxylation is 1. The van der Waals surface area contributed by atoms with Crippen LogP contribution in [0.15, 0.2) is 109 Å². The number of hydrogen-bond acceptors (Lipinski definition) is 3. The highest BCUT2D eigenvalue weighted by Gasteiger charge is 2.22. The molecule has 3 aromatic rings. The molecular weight excluding hydrogens is 473 g/mol. The average molecular weight is 506 g/mol. The molecule has 5 rings (SSSR count). The van der Waals surface area contributed by atoms with Crippen molar-refractivity contribution in [3.8, 4) is 0 Å². The van der Waals surface area contributed by atoms with Crippen LogP contribution in [0.1, 0.15) is 29.5 Å². The van der Waals surface area contributed by atoms with Gasteiger partial charge in [-0.05, 0) is 82.7 Å². The topological polar surface area (TPSA) is 36.4 Å². The molecule has 0 bridgehead atoms. The third-order valence-electron chi connectivity index (χ3n) is 7.16. The first kappa shape index (κ1) is 25.4. The number of amides is 1. The minimum absolute atomic E-state index is 0.160. The van der Waals surface area contributed by atoms with Crippen LogP contribution in [0.5, 0.6) is 0 Å². The maximum atomic E-state index is 14.0. The van der Waals surface area contributed by atoms with Gasteiger partial charge in [-0.25, -0.2) is 9.37 Å². The Morgan fingerprint density at radius 3 is 2.39 bits per heavy atom. The van der Waals surface area contributed by atoms with Crippen molar-refractivity contribution in [1.29, 1.82) is 0 Å². The molecule has 38 heavy (non-hydrogen) atoms. The molecule has 0 saturated carbocycles. The van der Waals surface area contributed by atoms with Crippen LogP contribution in [0.2, 0.25) is 0 Å². The van der Waals surface area contributed by atoms with Gasteiger partial charge in [0.1, 0.15) is 11.6 Å². The van der Waals surface area contributed by atoms with Gasteiger partial charge in [0.15, 0.2) is 0 Å². The number of hydrogen-bond donors (Lipinski definition) is 0. The Labute approximate surface area is 224 Å². The molecule has 5 heteroatoms. The Morgan fingerprint density at radius 1 is 0.921 bits per heavy atom. The van der Waals surface area contributed by atoms with Crippen molar-refractivity contribution in [3.63, 3.8) is 0 Å². The number of carbonyl (C=O) groups is 1.